The predicted octanol–water partition coefficient (Wildman–Crippen LogP) is 2.11. The van der Waals surface area contributed by atoms with Crippen LogP contribution in [0.1, 0.15) is 0 Å². The van der Waals surface area contributed by atoms with Gasteiger partial charge >= 0.3 is 26.2 Å². The number of halogens is 5. The first-order valence-corrected chi connectivity index (χ1v) is 0. The summed E-state index contributed by atoms with van der Waals surface area (Å²) in [6.07, 6.45) is 0. The van der Waals surface area contributed by atoms with Crippen LogP contribution in [-0.2, 0) is 26.2 Å². The van der Waals surface area contributed by atoms with E-state index in [1.54, 1.807) is 0 Å². The molecule has 0 aromatic carbocycles. The third-order valence-corrected chi connectivity index (χ3v) is 0. The first-order chi connectivity index (χ1) is 0. The van der Waals surface area contributed by atoms with E-state index in [9.17, 15) is 0 Å². The number of hydrogen-bond donors (Lipinski definition) is 0. The van der Waals surface area contributed by atoms with Crippen molar-refractivity contribution in [2.45, 2.75) is 0 Å². The first-order valence-electron chi connectivity index (χ1n) is 0. The molecule has 0 fully saturated rings. The predicted molar refractivity (Wildman–Crippen MR) is 36.2 cm³/mol. The standard InChI is InChI=1S/5ClH.Zr/h5*1H;/q;;;;;+2. The van der Waals surface area contributed by atoms with Gasteiger partial charge in [-0.25, -0.2) is 0 Å². The fourth-order valence-electron chi connectivity index (χ4n) is 0. The largest absolute Gasteiger partial charge is 2.00 e. The zero-order chi connectivity index (χ0) is 0. The molecule has 0 aromatic heterocycles. The Morgan fingerprint density at radius 1 is 0.333 bits per heavy atom. The van der Waals surface area contributed by atoms with Crippen molar-refractivity contribution in [2.75, 3.05) is 0 Å². The molecule has 0 N–H and O–H groups in total. The second-order valence-corrected chi connectivity index (χ2v) is 0. The van der Waals surface area contributed by atoms with Crippen LogP contribution in [-0.4, -0.2) is 0 Å². The van der Waals surface area contributed by atoms with Crippen LogP contribution in [0.15, 0.2) is 0 Å². The van der Waals surface area contributed by atoms with E-state index in [1.807, 2.05) is 0 Å². The van der Waals surface area contributed by atoms with Crippen molar-refractivity contribution >= 4 is 62.0 Å². The molecule has 6 heavy (non-hydrogen) atoms. The van der Waals surface area contributed by atoms with E-state index in [1.165, 1.54) is 0 Å². The van der Waals surface area contributed by atoms with E-state index in [2.05, 4.69) is 0 Å². The Kier molecular flexibility index (Phi) is 741. The van der Waals surface area contributed by atoms with Crippen LogP contribution in [0.2, 0.25) is 0 Å². The maximum absolute atomic E-state index is 0. The molecule has 0 radical (unpaired) electrons. The molecule has 0 heterocycles. The first kappa shape index (κ1) is 82.3. The van der Waals surface area contributed by atoms with Crippen molar-refractivity contribution in [3.8, 4) is 0 Å². The average Bonchev–Trinajstić information content (AvgIpc) is 0. The molecule has 0 atom stereocenters. The minimum absolute atomic E-state index is 0. The molecule has 0 bridgehead atoms. The Labute approximate surface area is 87.4 Å². The quantitative estimate of drug-likeness (QED) is 0.634. The van der Waals surface area contributed by atoms with Crippen LogP contribution in [0, 0.1) is 0 Å². The zero-order valence-electron chi connectivity index (χ0n) is 2.54. The van der Waals surface area contributed by atoms with Gasteiger partial charge in [0, 0.05) is 0 Å². The third-order valence-electron chi connectivity index (χ3n) is 0. The molecule has 0 aliphatic heterocycles. The molecule has 0 aliphatic rings. The van der Waals surface area contributed by atoms with Crippen molar-refractivity contribution < 1.29 is 26.2 Å². The van der Waals surface area contributed by atoms with Crippen LogP contribution in [0.5, 0.6) is 0 Å². The SMILES string of the molecule is Cl.Cl.Cl.Cl.Cl.[Zr+2]. The molecule has 0 saturated carbocycles. The van der Waals surface area contributed by atoms with Crippen molar-refractivity contribution in [1.82, 2.24) is 0 Å². The fourth-order valence-corrected chi connectivity index (χ4v) is 0. The molecule has 0 saturated heterocycles. The summed E-state index contributed by atoms with van der Waals surface area (Å²) in [5, 5.41) is 0. The summed E-state index contributed by atoms with van der Waals surface area (Å²) in [5.74, 6) is 0. The summed E-state index contributed by atoms with van der Waals surface area (Å²) in [7, 11) is 0. The summed E-state index contributed by atoms with van der Waals surface area (Å²) in [6, 6.07) is 0. The van der Waals surface area contributed by atoms with E-state index >= 15 is 0 Å². The second-order valence-electron chi connectivity index (χ2n) is 0. The Balaban J connectivity index is 0. The molecule has 0 unspecified atom stereocenters. The smallest absolute Gasteiger partial charge is 0.147 e. The van der Waals surface area contributed by atoms with Gasteiger partial charge < -0.3 is 0 Å². The molecule has 0 rings (SSSR count). The summed E-state index contributed by atoms with van der Waals surface area (Å²) in [5.41, 5.74) is 0. The molecule has 0 aromatic rings. The average molecular weight is 274 g/mol. The Morgan fingerprint density at radius 2 is 0.333 bits per heavy atom. The topological polar surface area (TPSA) is 0 Å². The van der Waals surface area contributed by atoms with Crippen LogP contribution >= 0.6 is 62.0 Å². The molecule has 0 spiro atoms. The summed E-state index contributed by atoms with van der Waals surface area (Å²) in [6.45, 7) is 0. The zero-order valence-corrected chi connectivity index (χ0v) is 9.08. The van der Waals surface area contributed by atoms with Gasteiger partial charge in [0.05, 0.1) is 0 Å². The van der Waals surface area contributed by atoms with Gasteiger partial charge in [0.25, 0.3) is 0 Å². The molecule has 0 amide bonds. The summed E-state index contributed by atoms with van der Waals surface area (Å²) in [4.78, 5) is 0. The number of rotatable bonds is 0. The minimum atomic E-state index is 0. The van der Waals surface area contributed by atoms with Crippen LogP contribution in [0.3, 0.4) is 0 Å². The summed E-state index contributed by atoms with van der Waals surface area (Å²) < 4.78 is 0. The fraction of sp³-hybridized carbons (Fsp3) is 0. The van der Waals surface area contributed by atoms with Crippen molar-refractivity contribution in [3.63, 3.8) is 0 Å². The molecular weight excluding hydrogens is 268 g/mol. The van der Waals surface area contributed by atoms with Gasteiger partial charge in [-0.05, 0) is 0 Å². The maximum atomic E-state index is 0. The van der Waals surface area contributed by atoms with Crippen LogP contribution < -0.4 is 0 Å². The van der Waals surface area contributed by atoms with Crippen molar-refractivity contribution in [1.29, 1.82) is 0 Å². The number of hydrogen-bond acceptors (Lipinski definition) is 0. The molecule has 42 valence electrons. The van der Waals surface area contributed by atoms with Crippen LogP contribution in [0.4, 0.5) is 0 Å². The normalized spacial score (nSPS) is 0. The summed E-state index contributed by atoms with van der Waals surface area (Å²) >= 11 is 0. The van der Waals surface area contributed by atoms with E-state index in [-0.39, 0.29) is 88.2 Å². The minimum Gasteiger partial charge on any atom is -0.147 e. The van der Waals surface area contributed by atoms with Crippen LogP contribution in [0.25, 0.3) is 0 Å². The monoisotopic (exact) mass is 270 g/mol. The molecule has 0 nitrogen and oxygen atoms in total. The van der Waals surface area contributed by atoms with E-state index in [0.717, 1.165) is 0 Å². The van der Waals surface area contributed by atoms with E-state index in [0.29, 0.717) is 0 Å². The van der Waals surface area contributed by atoms with Crippen molar-refractivity contribution in [3.05, 3.63) is 0 Å². The van der Waals surface area contributed by atoms with Gasteiger partial charge in [-0.15, -0.1) is 62.0 Å². The van der Waals surface area contributed by atoms with Gasteiger partial charge in [0.1, 0.15) is 0 Å². The Morgan fingerprint density at radius 3 is 0.333 bits per heavy atom. The van der Waals surface area contributed by atoms with Gasteiger partial charge in [0.15, 0.2) is 0 Å². The van der Waals surface area contributed by atoms with Gasteiger partial charge in [-0.1, -0.05) is 0 Å². The molecule has 0 aliphatic carbocycles. The second kappa shape index (κ2) is 54.0. The van der Waals surface area contributed by atoms with E-state index < -0.39 is 0 Å². The van der Waals surface area contributed by atoms with E-state index in [4.69, 9.17) is 0 Å². The van der Waals surface area contributed by atoms with Crippen molar-refractivity contribution in [2.24, 2.45) is 0 Å². The third kappa shape index (κ3) is 33.1. The maximum Gasteiger partial charge on any atom is 2.00 e. The Hall–Kier alpha value is 2.33. The molecular formula is H5Cl5Zr+2. The van der Waals surface area contributed by atoms with Gasteiger partial charge in [-0.3, -0.25) is 0 Å². The Bertz CT molecular complexity index is 3.90. The van der Waals surface area contributed by atoms with Gasteiger partial charge in [-0.2, -0.15) is 0 Å². The van der Waals surface area contributed by atoms with Gasteiger partial charge in [0.2, 0.25) is 0 Å². The molecule has 6 heteroatoms.